The average Bonchev–Trinajstić information content (AvgIpc) is 3.45. The van der Waals surface area contributed by atoms with Crippen LogP contribution in [-0.2, 0) is 10.5 Å². The molecule has 5 rings (SSSR count). The van der Waals surface area contributed by atoms with Crippen LogP contribution in [0, 0.1) is 0 Å². The van der Waals surface area contributed by atoms with E-state index in [1.807, 2.05) is 55.5 Å². The quantitative estimate of drug-likeness (QED) is 0.261. The number of H-pyrrole nitrogens is 1. The van der Waals surface area contributed by atoms with Gasteiger partial charge in [0.25, 0.3) is 5.56 Å². The summed E-state index contributed by atoms with van der Waals surface area (Å²) in [6.07, 6.45) is 0. The zero-order chi connectivity index (χ0) is 24.2. The third-order valence-corrected chi connectivity index (χ3v) is 8.18. The molecule has 1 N–H and O–H groups in total. The number of hydrogen-bond donors (Lipinski definition) is 1. The summed E-state index contributed by atoms with van der Waals surface area (Å²) in [7, 11) is 0. The van der Waals surface area contributed by atoms with E-state index in [0.29, 0.717) is 28.0 Å². The first-order valence-corrected chi connectivity index (χ1v) is 13.7. The topological polar surface area (TPSA) is 75.5 Å². The molecule has 0 aliphatic carbocycles. The highest BCUT2D eigenvalue weighted by atomic mass is 35.5. The largest absolute Gasteiger partial charge is 0.379 e. The van der Waals surface area contributed by atoms with E-state index in [9.17, 15) is 4.79 Å². The summed E-state index contributed by atoms with van der Waals surface area (Å²) in [4.78, 5) is 26.5. The standard InChI is InChI=1S/C25H26ClN5O2S2/c1-17(27-10-11-30-12-14-33-15-13-30)23-21(16-34-19-8-6-18(26)7-9-19)29-31(24(23)32)25-28-20-4-2-3-5-22(20)35-25/h2-9,29H,10-16H2,1H3. The normalized spacial score (nSPS) is 15.2. The van der Waals surface area contributed by atoms with Gasteiger partial charge in [-0.15, -0.1) is 11.8 Å². The van der Waals surface area contributed by atoms with Crippen molar-refractivity contribution in [3.05, 3.63) is 75.2 Å². The summed E-state index contributed by atoms with van der Waals surface area (Å²) < 4.78 is 8.02. The number of thiazole rings is 1. The molecular weight excluding hydrogens is 502 g/mol. The molecule has 1 fully saturated rings. The van der Waals surface area contributed by atoms with Crippen molar-refractivity contribution >= 4 is 50.6 Å². The first kappa shape index (κ1) is 24.3. The second-order valence-corrected chi connectivity index (χ2v) is 10.7. The van der Waals surface area contributed by atoms with Crippen molar-refractivity contribution in [1.29, 1.82) is 0 Å². The van der Waals surface area contributed by atoms with E-state index < -0.39 is 0 Å². The van der Waals surface area contributed by atoms with Gasteiger partial charge in [0.15, 0.2) is 0 Å². The molecule has 0 radical (unpaired) electrons. The van der Waals surface area contributed by atoms with E-state index in [1.54, 1.807) is 16.4 Å². The second kappa shape index (κ2) is 11.1. The molecule has 0 atom stereocenters. The lowest BCUT2D eigenvalue weighted by Gasteiger charge is -2.25. The van der Waals surface area contributed by atoms with Gasteiger partial charge in [0.2, 0.25) is 5.13 Å². The lowest BCUT2D eigenvalue weighted by molar-refractivity contribution is 0.0394. The Morgan fingerprint density at radius 3 is 2.74 bits per heavy atom. The molecule has 1 aliphatic rings. The van der Waals surface area contributed by atoms with Crippen LogP contribution in [-0.4, -0.2) is 64.8 Å². The number of aromatic amines is 1. The van der Waals surface area contributed by atoms with Crippen molar-refractivity contribution in [3.63, 3.8) is 0 Å². The van der Waals surface area contributed by atoms with Crippen molar-refractivity contribution in [2.75, 3.05) is 39.4 Å². The lowest BCUT2D eigenvalue weighted by atomic mass is 10.2. The highest BCUT2D eigenvalue weighted by molar-refractivity contribution is 7.98. The summed E-state index contributed by atoms with van der Waals surface area (Å²) in [5.41, 5.74) is 2.95. The molecule has 182 valence electrons. The van der Waals surface area contributed by atoms with E-state index in [2.05, 4.69) is 15.0 Å². The molecule has 7 nitrogen and oxygen atoms in total. The van der Waals surface area contributed by atoms with Crippen LogP contribution in [0.4, 0.5) is 0 Å². The van der Waals surface area contributed by atoms with Gasteiger partial charge in [-0.05, 0) is 43.3 Å². The maximum Gasteiger partial charge on any atom is 0.282 e. The van der Waals surface area contributed by atoms with E-state index in [-0.39, 0.29) is 5.56 Å². The predicted octanol–water partition coefficient (Wildman–Crippen LogP) is 4.86. The maximum atomic E-state index is 13.6. The number of ether oxygens (including phenoxy) is 1. The Bertz CT molecular complexity index is 1350. The van der Waals surface area contributed by atoms with Gasteiger partial charge in [-0.3, -0.25) is 19.8 Å². The predicted molar refractivity (Wildman–Crippen MR) is 145 cm³/mol. The average molecular weight is 528 g/mol. The van der Waals surface area contributed by atoms with Crippen LogP contribution >= 0.6 is 34.7 Å². The maximum absolute atomic E-state index is 13.6. The van der Waals surface area contributed by atoms with E-state index >= 15 is 0 Å². The number of benzene rings is 2. The molecule has 0 saturated carbocycles. The number of thioether (sulfide) groups is 1. The van der Waals surface area contributed by atoms with Crippen molar-refractivity contribution < 1.29 is 4.74 Å². The molecule has 35 heavy (non-hydrogen) atoms. The minimum Gasteiger partial charge on any atom is -0.379 e. The number of fused-ring (bicyclic) bond motifs is 1. The molecule has 2 aromatic heterocycles. The number of hydrogen-bond acceptors (Lipinski definition) is 7. The highest BCUT2D eigenvalue weighted by Crippen LogP contribution is 2.27. The number of para-hydroxylation sites is 1. The summed E-state index contributed by atoms with van der Waals surface area (Å²) >= 11 is 9.17. The van der Waals surface area contributed by atoms with Gasteiger partial charge >= 0.3 is 0 Å². The van der Waals surface area contributed by atoms with Gasteiger partial charge < -0.3 is 4.74 Å². The Morgan fingerprint density at radius 2 is 1.97 bits per heavy atom. The summed E-state index contributed by atoms with van der Waals surface area (Å²) in [6.45, 7) is 6.79. The highest BCUT2D eigenvalue weighted by Gasteiger charge is 2.20. The number of rotatable bonds is 8. The first-order chi connectivity index (χ1) is 17.1. The molecule has 2 aromatic carbocycles. The Kier molecular flexibility index (Phi) is 7.69. The minimum atomic E-state index is -0.122. The van der Waals surface area contributed by atoms with Crippen molar-refractivity contribution in [2.24, 2.45) is 4.99 Å². The zero-order valence-electron chi connectivity index (χ0n) is 19.4. The molecule has 0 spiro atoms. The fraction of sp³-hybridized carbons (Fsp3) is 0.320. The Balaban J connectivity index is 1.44. The fourth-order valence-electron chi connectivity index (χ4n) is 4.00. The van der Waals surface area contributed by atoms with Gasteiger partial charge in [0.1, 0.15) is 0 Å². The van der Waals surface area contributed by atoms with Gasteiger partial charge in [0, 0.05) is 41.0 Å². The second-order valence-electron chi connectivity index (χ2n) is 8.23. The van der Waals surface area contributed by atoms with Gasteiger partial charge in [-0.1, -0.05) is 35.1 Å². The van der Waals surface area contributed by atoms with Crippen LogP contribution in [0.5, 0.6) is 0 Å². The summed E-state index contributed by atoms with van der Waals surface area (Å²) in [5, 5.41) is 4.66. The monoisotopic (exact) mass is 527 g/mol. The van der Waals surface area contributed by atoms with Crippen LogP contribution < -0.4 is 5.56 Å². The number of aliphatic imine (C=N–C) groups is 1. The number of halogens is 1. The SMILES string of the molecule is CC(=NCCN1CCOCC1)c1c(CSc2ccc(Cl)cc2)[nH]n(-c2nc3ccccc3s2)c1=O. The molecule has 10 heteroatoms. The molecule has 1 saturated heterocycles. The molecule has 0 bridgehead atoms. The number of nitrogens with one attached hydrogen (secondary N) is 1. The number of aromatic nitrogens is 3. The minimum absolute atomic E-state index is 0.122. The van der Waals surface area contributed by atoms with Crippen LogP contribution in [0.2, 0.25) is 5.02 Å². The van der Waals surface area contributed by atoms with Gasteiger partial charge in [-0.2, -0.15) is 4.68 Å². The summed E-state index contributed by atoms with van der Waals surface area (Å²) in [5.74, 6) is 0.598. The van der Waals surface area contributed by atoms with Crippen LogP contribution in [0.1, 0.15) is 18.2 Å². The van der Waals surface area contributed by atoms with E-state index in [0.717, 1.165) is 59.4 Å². The molecular formula is C25H26ClN5O2S2. The third kappa shape index (κ3) is 5.70. The number of morpholine rings is 1. The van der Waals surface area contributed by atoms with E-state index in [4.69, 9.17) is 21.3 Å². The molecule has 3 heterocycles. The van der Waals surface area contributed by atoms with Crippen LogP contribution in [0.3, 0.4) is 0 Å². The number of nitrogens with zero attached hydrogens (tertiary/aromatic N) is 4. The van der Waals surface area contributed by atoms with Crippen LogP contribution in [0.25, 0.3) is 15.3 Å². The van der Waals surface area contributed by atoms with Crippen LogP contribution in [0.15, 0.2) is 63.2 Å². The van der Waals surface area contributed by atoms with E-state index in [1.165, 1.54) is 11.3 Å². The first-order valence-electron chi connectivity index (χ1n) is 11.5. The Morgan fingerprint density at radius 1 is 1.20 bits per heavy atom. The molecule has 0 unspecified atom stereocenters. The van der Waals surface area contributed by atoms with Crippen molar-refractivity contribution in [1.82, 2.24) is 19.7 Å². The third-order valence-electron chi connectivity index (χ3n) is 5.87. The molecule has 0 amide bonds. The fourth-order valence-corrected chi connectivity index (χ4v) is 5.90. The van der Waals surface area contributed by atoms with Crippen molar-refractivity contribution in [3.8, 4) is 5.13 Å². The Hall–Kier alpha value is -2.43. The Labute approximate surface area is 216 Å². The van der Waals surface area contributed by atoms with Gasteiger partial charge in [0.05, 0.1) is 41.2 Å². The van der Waals surface area contributed by atoms with Gasteiger partial charge in [-0.25, -0.2) is 4.98 Å². The summed E-state index contributed by atoms with van der Waals surface area (Å²) in [6, 6.07) is 15.6. The smallest absolute Gasteiger partial charge is 0.282 e. The molecule has 4 aromatic rings. The molecule has 1 aliphatic heterocycles. The zero-order valence-corrected chi connectivity index (χ0v) is 21.8. The van der Waals surface area contributed by atoms with Crippen molar-refractivity contribution in [2.45, 2.75) is 17.6 Å². The lowest BCUT2D eigenvalue weighted by Crippen LogP contribution is -2.37.